The van der Waals surface area contributed by atoms with E-state index < -0.39 is 21.6 Å². The molecule has 2 N–H and O–H groups in total. The normalized spacial score (nSPS) is 17.7. The van der Waals surface area contributed by atoms with Crippen LogP contribution in [0, 0.1) is 11.3 Å². The van der Waals surface area contributed by atoms with Crippen molar-refractivity contribution in [3.05, 3.63) is 30.7 Å². The standard InChI is InChI=1S/C16H18N8O2S/c1-11(27(25)26)22-9-16(10-22,4-5-17)24-8-12(7-19-24)13-3-2-6-23-14(13)20-15(18)21-23/h2-3,6-8,11,27H,4,9-10H2,1H3,(H2,18,21). The van der Waals surface area contributed by atoms with Crippen molar-refractivity contribution in [1.82, 2.24) is 29.3 Å². The van der Waals surface area contributed by atoms with E-state index in [1.54, 1.807) is 28.5 Å². The van der Waals surface area contributed by atoms with Crippen LogP contribution >= 0.6 is 0 Å². The quantitative estimate of drug-likeness (QED) is 0.588. The number of nitriles is 1. The monoisotopic (exact) mass is 386 g/mol. The molecule has 0 amide bonds. The molecule has 3 aromatic heterocycles. The molecule has 0 aromatic carbocycles. The first-order valence-electron chi connectivity index (χ1n) is 8.34. The molecular weight excluding hydrogens is 368 g/mol. The highest BCUT2D eigenvalue weighted by atomic mass is 32.2. The summed E-state index contributed by atoms with van der Waals surface area (Å²) in [6.45, 7) is 2.55. The zero-order valence-corrected chi connectivity index (χ0v) is 15.5. The van der Waals surface area contributed by atoms with E-state index in [9.17, 15) is 13.7 Å². The Morgan fingerprint density at radius 3 is 2.93 bits per heavy atom. The molecule has 0 radical (unpaired) electrons. The van der Waals surface area contributed by atoms with Crippen molar-refractivity contribution < 1.29 is 8.42 Å². The molecule has 1 saturated heterocycles. The van der Waals surface area contributed by atoms with Crippen LogP contribution < -0.4 is 5.73 Å². The molecule has 140 valence electrons. The fourth-order valence-corrected chi connectivity index (χ4v) is 3.89. The van der Waals surface area contributed by atoms with Crippen molar-refractivity contribution in [3.8, 4) is 17.2 Å². The Hall–Kier alpha value is -2.97. The number of rotatable bonds is 5. The predicted octanol–water partition coefficient (Wildman–Crippen LogP) is 0.0570. The molecule has 0 saturated carbocycles. The van der Waals surface area contributed by atoms with Crippen LogP contribution in [0.3, 0.4) is 0 Å². The van der Waals surface area contributed by atoms with Crippen molar-refractivity contribution in [1.29, 1.82) is 5.26 Å². The average molecular weight is 386 g/mol. The van der Waals surface area contributed by atoms with E-state index in [2.05, 4.69) is 21.3 Å². The van der Waals surface area contributed by atoms with Gasteiger partial charge in [0.1, 0.15) is 10.9 Å². The van der Waals surface area contributed by atoms with Crippen LogP contribution in [-0.2, 0) is 16.2 Å². The second-order valence-corrected chi connectivity index (χ2v) is 8.03. The number of pyridine rings is 1. The van der Waals surface area contributed by atoms with Gasteiger partial charge in [-0.05, 0) is 19.1 Å². The van der Waals surface area contributed by atoms with Crippen LogP contribution in [-0.4, -0.2) is 56.2 Å². The molecule has 0 aliphatic carbocycles. The molecule has 1 unspecified atom stereocenters. The molecule has 10 nitrogen and oxygen atoms in total. The number of thiol groups is 1. The Morgan fingerprint density at radius 1 is 1.44 bits per heavy atom. The van der Waals surface area contributed by atoms with E-state index in [4.69, 9.17) is 5.73 Å². The summed E-state index contributed by atoms with van der Waals surface area (Å²) in [5, 5.41) is 17.3. The second-order valence-electron chi connectivity index (χ2n) is 6.72. The van der Waals surface area contributed by atoms with Crippen LogP contribution in [0.25, 0.3) is 16.8 Å². The molecule has 1 aliphatic rings. The number of nitrogens with zero attached hydrogens (tertiary/aromatic N) is 7. The Kier molecular flexibility index (Phi) is 4.09. The molecule has 1 atom stereocenters. The molecule has 0 spiro atoms. The lowest BCUT2D eigenvalue weighted by Crippen LogP contribution is -2.65. The summed E-state index contributed by atoms with van der Waals surface area (Å²) in [6.07, 6.45) is 5.57. The number of hydrogen-bond acceptors (Lipinski definition) is 8. The third-order valence-corrected chi connectivity index (χ3v) is 5.93. The highest BCUT2D eigenvalue weighted by Gasteiger charge is 2.47. The van der Waals surface area contributed by atoms with Gasteiger partial charge in [-0.2, -0.15) is 15.3 Å². The first kappa shape index (κ1) is 17.4. The summed E-state index contributed by atoms with van der Waals surface area (Å²) in [4.78, 5) is 6.07. The van der Waals surface area contributed by atoms with E-state index in [1.807, 2.05) is 23.2 Å². The van der Waals surface area contributed by atoms with Crippen LogP contribution in [0.5, 0.6) is 0 Å². The SMILES string of the molecule is CC(N1CC(CC#N)(n2cc(-c3cccn4nc(N)nc34)cn2)C1)[SH](=O)=O. The second kappa shape index (κ2) is 6.33. The van der Waals surface area contributed by atoms with E-state index in [0.29, 0.717) is 18.7 Å². The number of hydrogen-bond donors (Lipinski definition) is 2. The van der Waals surface area contributed by atoms with Gasteiger partial charge in [-0.3, -0.25) is 9.58 Å². The Balaban J connectivity index is 1.68. The van der Waals surface area contributed by atoms with Crippen molar-refractivity contribution in [2.45, 2.75) is 24.3 Å². The maximum Gasteiger partial charge on any atom is 0.240 e. The average Bonchev–Trinajstić information content (AvgIpc) is 3.22. The van der Waals surface area contributed by atoms with Crippen LogP contribution in [0.4, 0.5) is 5.95 Å². The molecule has 3 aromatic rings. The lowest BCUT2D eigenvalue weighted by atomic mass is 9.87. The van der Waals surface area contributed by atoms with Gasteiger partial charge < -0.3 is 5.73 Å². The van der Waals surface area contributed by atoms with E-state index in [-0.39, 0.29) is 12.4 Å². The lowest BCUT2D eigenvalue weighted by Gasteiger charge is -2.50. The van der Waals surface area contributed by atoms with Gasteiger partial charge in [0.15, 0.2) is 16.4 Å². The van der Waals surface area contributed by atoms with Gasteiger partial charge in [-0.15, -0.1) is 5.10 Å². The summed E-state index contributed by atoms with van der Waals surface area (Å²) in [7, 11) is -2.54. The first-order valence-corrected chi connectivity index (χ1v) is 9.59. The zero-order chi connectivity index (χ0) is 19.2. The van der Waals surface area contributed by atoms with Crippen molar-refractivity contribution in [3.63, 3.8) is 0 Å². The highest BCUT2D eigenvalue weighted by molar-refractivity contribution is 7.73. The summed E-state index contributed by atoms with van der Waals surface area (Å²) >= 11 is 0. The first-order chi connectivity index (χ1) is 12.9. The Labute approximate surface area is 156 Å². The number of aromatic nitrogens is 5. The lowest BCUT2D eigenvalue weighted by molar-refractivity contribution is -0.000668. The van der Waals surface area contributed by atoms with Gasteiger partial charge in [-0.1, -0.05) is 0 Å². The number of anilines is 1. The summed E-state index contributed by atoms with van der Waals surface area (Å²) in [5.41, 5.74) is 7.43. The van der Waals surface area contributed by atoms with Crippen molar-refractivity contribution >= 4 is 22.3 Å². The molecule has 11 heteroatoms. The van der Waals surface area contributed by atoms with Gasteiger partial charge in [0.2, 0.25) is 5.95 Å². The topological polar surface area (TPSA) is 135 Å². The molecule has 1 aliphatic heterocycles. The molecule has 27 heavy (non-hydrogen) atoms. The zero-order valence-electron chi connectivity index (χ0n) is 14.6. The van der Waals surface area contributed by atoms with Crippen molar-refractivity contribution in [2.75, 3.05) is 18.8 Å². The molecular formula is C16H18N8O2S. The Morgan fingerprint density at radius 2 is 2.22 bits per heavy atom. The van der Waals surface area contributed by atoms with E-state index >= 15 is 0 Å². The summed E-state index contributed by atoms with van der Waals surface area (Å²) in [6, 6.07) is 5.94. The summed E-state index contributed by atoms with van der Waals surface area (Å²) in [5.74, 6) is 0.186. The number of nitrogens with two attached hydrogens (primary N) is 1. The molecule has 4 heterocycles. The van der Waals surface area contributed by atoms with Gasteiger partial charge in [0.25, 0.3) is 0 Å². The fourth-order valence-electron chi connectivity index (χ4n) is 3.46. The molecule has 4 rings (SSSR count). The maximum absolute atomic E-state index is 11.2. The maximum atomic E-state index is 11.2. The predicted molar refractivity (Wildman–Crippen MR) is 98.2 cm³/mol. The highest BCUT2D eigenvalue weighted by Crippen LogP contribution is 2.35. The third kappa shape index (κ3) is 2.83. The number of nitrogen functional groups attached to an aromatic ring is 1. The van der Waals surface area contributed by atoms with Crippen LogP contribution in [0.15, 0.2) is 30.7 Å². The van der Waals surface area contributed by atoms with Crippen LogP contribution in [0.1, 0.15) is 13.3 Å². The minimum absolute atomic E-state index is 0.186. The van der Waals surface area contributed by atoms with E-state index in [1.165, 1.54) is 0 Å². The molecule has 0 bridgehead atoms. The van der Waals surface area contributed by atoms with Gasteiger partial charge in [0, 0.05) is 36.6 Å². The minimum Gasteiger partial charge on any atom is -0.366 e. The van der Waals surface area contributed by atoms with Gasteiger partial charge in [-0.25, -0.2) is 12.9 Å². The van der Waals surface area contributed by atoms with Crippen LogP contribution in [0.2, 0.25) is 0 Å². The number of fused-ring (bicyclic) bond motifs is 1. The Bertz CT molecular complexity index is 1110. The third-order valence-electron chi connectivity index (χ3n) is 4.99. The van der Waals surface area contributed by atoms with Gasteiger partial charge in [0.05, 0.1) is 18.7 Å². The fraction of sp³-hybridized carbons (Fsp3) is 0.375. The van der Waals surface area contributed by atoms with Gasteiger partial charge >= 0.3 is 0 Å². The number of likely N-dealkylation sites (tertiary alicyclic amines) is 1. The van der Waals surface area contributed by atoms with Crippen molar-refractivity contribution in [2.24, 2.45) is 0 Å². The smallest absolute Gasteiger partial charge is 0.240 e. The minimum atomic E-state index is -2.54. The largest absolute Gasteiger partial charge is 0.366 e. The molecule has 1 fully saturated rings. The van der Waals surface area contributed by atoms with E-state index in [0.717, 1.165) is 11.1 Å². The summed E-state index contributed by atoms with van der Waals surface area (Å²) < 4.78 is 25.8.